The normalized spacial score (nSPS) is 17.5. The van der Waals surface area contributed by atoms with Gasteiger partial charge in [-0.3, -0.25) is 0 Å². The largest absolute Gasteiger partial charge is 0.444 e. The second kappa shape index (κ2) is 13.7. The van der Waals surface area contributed by atoms with Crippen LogP contribution in [0.15, 0.2) is 110 Å². The van der Waals surface area contributed by atoms with Crippen LogP contribution in [-0.4, -0.2) is 64.7 Å². The van der Waals surface area contributed by atoms with Crippen LogP contribution in [0.5, 0.6) is 0 Å². The number of nitrogens with one attached hydrogen (secondary N) is 1. The molecule has 2 atom stereocenters. The number of ether oxygens (including phenoxy) is 1. The van der Waals surface area contributed by atoms with Crippen LogP contribution >= 0.6 is 0 Å². The molecule has 8 nitrogen and oxygen atoms in total. The van der Waals surface area contributed by atoms with E-state index in [1.165, 1.54) is 0 Å². The van der Waals surface area contributed by atoms with Crippen molar-refractivity contribution in [2.45, 2.75) is 89.4 Å². The second-order valence-electron chi connectivity index (χ2n) is 15.9. The first kappa shape index (κ1) is 35.4. The van der Waals surface area contributed by atoms with Crippen molar-refractivity contribution in [1.82, 2.24) is 19.4 Å². The Labute approximate surface area is 298 Å². The summed E-state index contributed by atoms with van der Waals surface area (Å²) in [7, 11) is -2.12. The molecule has 0 radical (unpaired) electrons. The van der Waals surface area contributed by atoms with Crippen molar-refractivity contribution in [1.29, 1.82) is 0 Å². The standard InChI is InChI=1S/C41H51N5O3Si/c1-39(2,3)48-38(47)45-27-33(26-34(28-45)49-50(7,8)40(4,5)6)44-36-35-24-25-46(37(35)43-29-42-36)41(30-18-12-9-13-19-30,31-20-14-10-15-21-31)32-22-16-11-17-23-32/h9-25,29,33-34H,26-28H2,1-8H3,(H,42,43,44)/t33-,34-/m1/s1. The van der Waals surface area contributed by atoms with E-state index in [-0.39, 0.29) is 23.3 Å². The van der Waals surface area contributed by atoms with E-state index in [0.717, 1.165) is 40.0 Å². The van der Waals surface area contributed by atoms with Crippen LogP contribution in [0.1, 0.15) is 64.7 Å². The van der Waals surface area contributed by atoms with Crippen LogP contribution in [0.4, 0.5) is 10.6 Å². The number of hydrogen-bond donors (Lipinski definition) is 1. The fourth-order valence-electron chi connectivity index (χ4n) is 6.80. The highest BCUT2D eigenvalue weighted by atomic mass is 28.4. The van der Waals surface area contributed by atoms with Crippen molar-refractivity contribution in [2.24, 2.45) is 0 Å². The van der Waals surface area contributed by atoms with Crippen molar-refractivity contribution < 1.29 is 14.0 Å². The predicted octanol–water partition coefficient (Wildman–Crippen LogP) is 9.08. The number of hydrogen-bond acceptors (Lipinski definition) is 6. The van der Waals surface area contributed by atoms with Crippen molar-refractivity contribution in [3.05, 3.63) is 126 Å². The van der Waals surface area contributed by atoms with Gasteiger partial charge in [-0.1, -0.05) is 112 Å². The molecular weight excluding hydrogens is 639 g/mol. The molecule has 0 saturated carbocycles. The lowest BCUT2D eigenvalue weighted by Gasteiger charge is -2.44. The molecular formula is C41H51N5O3Si. The summed E-state index contributed by atoms with van der Waals surface area (Å²) in [6.45, 7) is 17.9. The first-order valence-corrected chi connectivity index (χ1v) is 20.5. The molecule has 0 unspecified atom stereocenters. The van der Waals surface area contributed by atoms with E-state index in [1.807, 2.05) is 20.8 Å². The molecule has 1 N–H and O–H groups in total. The molecule has 0 spiro atoms. The fourth-order valence-corrected chi connectivity index (χ4v) is 8.16. The van der Waals surface area contributed by atoms with E-state index >= 15 is 0 Å². The van der Waals surface area contributed by atoms with Gasteiger partial charge in [0.1, 0.15) is 28.9 Å². The van der Waals surface area contributed by atoms with Gasteiger partial charge in [0, 0.05) is 25.3 Å². The van der Waals surface area contributed by atoms with E-state index in [2.05, 4.69) is 147 Å². The quantitative estimate of drug-likeness (QED) is 0.129. The molecule has 1 amide bonds. The molecule has 1 saturated heterocycles. The first-order chi connectivity index (χ1) is 23.7. The number of carbonyl (C=O) groups is 1. The average Bonchev–Trinajstić information content (AvgIpc) is 3.50. The monoisotopic (exact) mass is 689 g/mol. The SMILES string of the molecule is CC(C)(C)OC(=O)N1C[C@H](Nc2ncnc3c2ccn3C(c2ccccc2)(c2ccccc2)c2ccccc2)C[C@@H](O[Si](C)(C)C(C)(C)C)C1. The number of nitrogens with zero attached hydrogens (tertiary/aromatic N) is 4. The van der Waals surface area contributed by atoms with Gasteiger partial charge in [-0.15, -0.1) is 0 Å². The highest BCUT2D eigenvalue weighted by molar-refractivity contribution is 6.74. The minimum atomic E-state index is -2.12. The number of aromatic nitrogens is 3. The van der Waals surface area contributed by atoms with Gasteiger partial charge >= 0.3 is 6.09 Å². The Balaban J connectivity index is 1.43. The maximum atomic E-state index is 13.5. The Morgan fingerprint density at radius 1 is 0.780 bits per heavy atom. The van der Waals surface area contributed by atoms with Gasteiger partial charge < -0.3 is 23.9 Å². The zero-order valence-corrected chi connectivity index (χ0v) is 31.7. The van der Waals surface area contributed by atoms with Gasteiger partial charge in [-0.2, -0.15) is 0 Å². The number of benzene rings is 3. The third kappa shape index (κ3) is 7.07. The number of amides is 1. The zero-order chi connectivity index (χ0) is 35.7. The van der Waals surface area contributed by atoms with E-state index < -0.39 is 19.5 Å². The lowest BCUT2D eigenvalue weighted by atomic mass is 9.76. The third-order valence-electron chi connectivity index (χ3n) is 10.1. The van der Waals surface area contributed by atoms with E-state index in [4.69, 9.17) is 19.1 Å². The molecule has 1 fully saturated rings. The van der Waals surface area contributed by atoms with Crippen LogP contribution in [0.25, 0.3) is 11.0 Å². The van der Waals surface area contributed by atoms with Gasteiger partial charge in [0.15, 0.2) is 8.32 Å². The minimum Gasteiger partial charge on any atom is -0.444 e. The molecule has 5 aromatic rings. The van der Waals surface area contributed by atoms with Gasteiger partial charge in [0.05, 0.1) is 11.5 Å². The number of likely N-dealkylation sites (tertiary alicyclic amines) is 1. The van der Waals surface area contributed by atoms with Crippen LogP contribution in [0.2, 0.25) is 18.1 Å². The number of rotatable bonds is 8. The van der Waals surface area contributed by atoms with Gasteiger partial charge in [-0.05, 0) is 68.1 Å². The molecule has 262 valence electrons. The minimum absolute atomic E-state index is 0.0363. The highest BCUT2D eigenvalue weighted by Crippen LogP contribution is 2.43. The smallest absolute Gasteiger partial charge is 0.410 e. The summed E-state index contributed by atoms with van der Waals surface area (Å²) in [6.07, 6.45) is 4.02. The topological polar surface area (TPSA) is 81.5 Å². The van der Waals surface area contributed by atoms with Crippen LogP contribution < -0.4 is 5.32 Å². The average molecular weight is 690 g/mol. The van der Waals surface area contributed by atoms with Gasteiger partial charge in [0.2, 0.25) is 0 Å². The maximum absolute atomic E-state index is 13.5. The summed E-state index contributed by atoms with van der Waals surface area (Å²) >= 11 is 0. The summed E-state index contributed by atoms with van der Waals surface area (Å²) in [4.78, 5) is 24.9. The van der Waals surface area contributed by atoms with Crippen LogP contribution in [-0.2, 0) is 14.7 Å². The summed E-state index contributed by atoms with van der Waals surface area (Å²) < 4.78 is 15.0. The van der Waals surface area contributed by atoms with E-state index in [9.17, 15) is 4.79 Å². The predicted molar refractivity (Wildman–Crippen MR) is 204 cm³/mol. The highest BCUT2D eigenvalue weighted by Gasteiger charge is 2.43. The molecule has 3 heterocycles. The molecule has 0 aliphatic carbocycles. The van der Waals surface area contributed by atoms with Crippen molar-refractivity contribution >= 4 is 31.3 Å². The molecule has 1 aliphatic heterocycles. The zero-order valence-electron chi connectivity index (χ0n) is 30.7. The number of piperidine rings is 1. The molecule has 3 aromatic carbocycles. The van der Waals surface area contributed by atoms with Crippen molar-refractivity contribution in [3.63, 3.8) is 0 Å². The first-order valence-electron chi connectivity index (χ1n) is 17.6. The summed E-state index contributed by atoms with van der Waals surface area (Å²) in [5.74, 6) is 0.721. The molecule has 6 rings (SSSR count). The molecule has 2 aromatic heterocycles. The molecule has 9 heteroatoms. The van der Waals surface area contributed by atoms with Crippen LogP contribution in [0.3, 0.4) is 0 Å². The van der Waals surface area contributed by atoms with E-state index in [0.29, 0.717) is 13.1 Å². The van der Waals surface area contributed by atoms with Crippen molar-refractivity contribution in [2.75, 3.05) is 18.4 Å². The Hall–Kier alpha value is -4.47. The summed E-state index contributed by atoms with van der Waals surface area (Å²) in [5, 5.41) is 4.67. The van der Waals surface area contributed by atoms with Crippen molar-refractivity contribution in [3.8, 4) is 0 Å². The molecule has 50 heavy (non-hydrogen) atoms. The third-order valence-corrected chi connectivity index (χ3v) is 14.6. The number of fused-ring (bicyclic) bond motifs is 1. The Morgan fingerprint density at radius 3 is 1.82 bits per heavy atom. The second-order valence-corrected chi connectivity index (χ2v) is 20.7. The summed E-state index contributed by atoms with van der Waals surface area (Å²) in [6, 6.07) is 33.8. The Kier molecular flexibility index (Phi) is 9.67. The van der Waals surface area contributed by atoms with Gasteiger partial charge in [-0.25, -0.2) is 14.8 Å². The molecule has 0 bridgehead atoms. The fraction of sp³-hybridized carbons (Fsp3) is 0.390. The summed E-state index contributed by atoms with van der Waals surface area (Å²) in [5.41, 5.74) is 2.85. The lowest BCUT2D eigenvalue weighted by molar-refractivity contribution is 0.00391. The Morgan fingerprint density at radius 2 is 1.32 bits per heavy atom. The van der Waals surface area contributed by atoms with Crippen LogP contribution in [0, 0.1) is 0 Å². The van der Waals surface area contributed by atoms with E-state index in [1.54, 1.807) is 11.2 Å². The maximum Gasteiger partial charge on any atom is 0.410 e. The molecule has 1 aliphatic rings. The Bertz CT molecular complexity index is 1800. The van der Waals surface area contributed by atoms with Gasteiger partial charge in [0.25, 0.3) is 0 Å². The number of anilines is 1. The number of carbonyl (C=O) groups excluding carboxylic acids is 1. The lowest BCUT2D eigenvalue weighted by Crippen LogP contribution is -2.56.